The van der Waals surface area contributed by atoms with E-state index in [-0.39, 0.29) is 5.91 Å². The van der Waals surface area contributed by atoms with E-state index in [0.717, 1.165) is 38.5 Å². The van der Waals surface area contributed by atoms with E-state index in [1.54, 1.807) is 12.1 Å². The van der Waals surface area contributed by atoms with Crippen molar-refractivity contribution in [1.29, 1.82) is 0 Å². The minimum atomic E-state index is -0.361. The molecule has 0 bridgehead atoms. The van der Waals surface area contributed by atoms with Crippen molar-refractivity contribution in [3.8, 4) is 17.2 Å². The summed E-state index contributed by atoms with van der Waals surface area (Å²) in [5.74, 6) is 6.87. The third-order valence-corrected chi connectivity index (χ3v) is 7.42. The van der Waals surface area contributed by atoms with E-state index in [0.29, 0.717) is 42.6 Å². The molecule has 232 valence electrons. The van der Waals surface area contributed by atoms with Crippen molar-refractivity contribution in [2.45, 2.75) is 156 Å². The minimum Gasteiger partial charge on any atom is -0.490 e. The van der Waals surface area contributed by atoms with Gasteiger partial charge in [-0.15, -0.1) is 0 Å². The summed E-state index contributed by atoms with van der Waals surface area (Å²) >= 11 is 0. The number of amides is 1. The maximum Gasteiger partial charge on any atom is 0.265 e. The van der Waals surface area contributed by atoms with Gasteiger partial charge in [0.1, 0.15) is 0 Å². The van der Waals surface area contributed by atoms with Gasteiger partial charge in [-0.1, -0.05) is 136 Å². The number of benzene rings is 1. The largest absolute Gasteiger partial charge is 0.490 e. The smallest absolute Gasteiger partial charge is 0.265 e. The highest BCUT2D eigenvalue weighted by molar-refractivity contribution is 5.95. The summed E-state index contributed by atoms with van der Waals surface area (Å²) in [6, 6.07) is 3.48. The number of hydrogen-bond donors (Lipinski definition) is 2. The molecule has 0 aliphatic heterocycles. The highest BCUT2D eigenvalue weighted by Crippen LogP contribution is 2.39. The topological polar surface area (TPSA) is 82.8 Å². The lowest BCUT2D eigenvalue weighted by Crippen LogP contribution is -2.30. The van der Waals surface area contributed by atoms with E-state index in [2.05, 4.69) is 26.2 Å². The van der Waals surface area contributed by atoms with Crippen LogP contribution in [0.4, 0.5) is 0 Å². The van der Waals surface area contributed by atoms with Crippen LogP contribution in [0.25, 0.3) is 0 Å². The molecule has 0 atom stereocenters. The molecular formula is C34H62N2O4. The number of hydrogen-bond acceptors (Lipinski definition) is 5. The van der Waals surface area contributed by atoms with Crippen LogP contribution in [0.1, 0.15) is 166 Å². The van der Waals surface area contributed by atoms with Gasteiger partial charge in [-0.05, 0) is 31.4 Å². The fourth-order valence-corrected chi connectivity index (χ4v) is 4.86. The summed E-state index contributed by atoms with van der Waals surface area (Å²) in [6.07, 6.45) is 25.6. The summed E-state index contributed by atoms with van der Waals surface area (Å²) in [6.45, 7) is 8.52. The predicted octanol–water partition coefficient (Wildman–Crippen LogP) is 9.68. The second-order valence-corrected chi connectivity index (χ2v) is 11.2. The standard InChI is InChI=1S/C34H62N2O4/c1-4-7-10-13-16-19-22-25-38-31-28-30(34(37)36-35)29-32(39-26-23-20-17-14-11-8-5-2)33(31)40-27-24-21-18-15-12-9-6-3/h28-29H,4-27,35H2,1-3H3,(H,36,37). The normalized spacial score (nSPS) is 11.0. The summed E-state index contributed by atoms with van der Waals surface area (Å²) in [7, 11) is 0. The van der Waals surface area contributed by atoms with Crippen molar-refractivity contribution in [2.24, 2.45) is 5.84 Å². The minimum absolute atomic E-state index is 0.361. The van der Waals surface area contributed by atoms with Gasteiger partial charge in [-0.2, -0.15) is 0 Å². The first-order chi connectivity index (χ1) is 19.7. The van der Waals surface area contributed by atoms with Gasteiger partial charge >= 0.3 is 0 Å². The number of nitrogens with one attached hydrogen (secondary N) is 1. The lowest BCUT2D eigenvalue weighted by atomic mass is 10.1. The van der Waals surface area contributed by atoms with Crippen molar-refractivity contribution >= 4 is 5.91 Å². The zero-order valence-electron chi connectivity index (χ0n) is 26.3. The van der Waals surface area contributed by atoms with E-state index in [4.69, 9.17) is 20.1 Å². The first-order valence-corrected chi connectivity index (χ1v) is 16.7. The van der Waals surface area contributed by atoms with Crippen LogP contribution >= 0.6 is 0 Å². The molecule has 0 aromatic heterocycles. The van der Waals surface area contributed by atoms with Gasteiger partial charge in [-0.25, -0.2) is 5.84 Å². The maximum absolute atomic E-state index is 12.5. The molecular weight excluding hydrogens is 500 g/mol. The van der Waals surface area contributed by atoms with Gasteiger partial charge in [-0.3, -0.25) is 10.2 Å². The number of hydrazine groups is 1. The Morgan fingerprint density at radius 2 is 0.875 bits per heavy atom. The van der Waals surface area contributed by atoms with Gasteiger partial charge < -0.3 is 14.2 Å². The molecule has 0 unspecified atom stereocenters. The fourth-order valence-electron chi connectivity index (χ4n) is 4.86. The van der Waals surface area contributed by atoms with Crippen LogP contribution in [0.2, 0.25) is 0 Å². The van der Waals surface area contributed by atoms with Crippen molar-refractivity contribution in [1.82, 2.24) is 5.43 Å². The van der Waals surface area contributed by atoms with Gasteiger partial charge in [0.25, 0.3) is 5.91 Å². The molecule has 0 aliphatic rings. The van der Waals surface area contributed by atoms with Crippen molar-refractivity contribution in [3.05, 3.63) is 17.7 Å². The Morgan fingerprint density at radius 1 is 0.550 bits per heavy atom. The average molecular weight is 563 g/mol. The molecule has 3 N–H and O–H groups in total. The number of nitrogens with two attached hydrogens (primary N) is 1. The van der Waals surface area contributed by atoms with Crippen LogP contribution in [0.15, 0.2) is 12.1 Å². The van der Waals surface area contributed by atoms with Gasteiger partial charge in [0.05, 0.1) is 19.8 Å². The number of ether oxygens (including phenoxy) is 3. The number of carbonyl (C=O) groups is 1. The van der Waals surface area contributed by atoms with Crippen LogP contribution in [-0.4, -0.2) is 25.7 Å². The highest BCUT2D eigenvalue weighted by atomic mass is 16.5. The highest BCUT2D eigenvalue weighted by Gasteiger charge is 2.19. The molecule has 0 heterocycles. The van der Waals surface area contributed by atoms with E-state index in [1.807, 2.05) is 0 Å². The number of rotatable bonds is 28. The quantitative estimate of drug-likeness (QED) is 0.0460. The zero-order valence-corrected chi connectivity index (χ0v) is 26.3. The maximum atomic E-state index is 12.5. The van der Waals surface area contributed by atoms with Gasteiger partial charge in [0.15, 0.2) is 11.5 Å². The van der Waals surface area contributed by atoms with Crippen LogP contribution in [0, 0.1) is 0 Å². The molecule has 0 aliphatic carbocycles. The molecule has 6 heteroatoms. The second-order valence-electron chi connectivity index (χ2n) is 11.2. The molecule has 0 fully saturated rings. The van der Waals surface area contributed by atoms with Crippen molar-refractivity contribution < 1.29 is 19.0 Å². The molecule has 0 spiro atoms. The Labute approximate surface area is 246 Å². The van der Waals surface area contributed by atoms with E-state index < -0.39 is 0 Å². The lowest BCUT2D eigenvalue weighted by molar-refractivity contribution is 0.0952. The first kappa shape index (κ1) is 36.1. The Balaban J connectivity index is 2.80. The van der Waals surface area contributed by atoms with Crippen molar-refractivity contribution in [2.75, 3.05) is 19.8 Å². The average Bonchev–Trinajstić information content (AvgIpc) is 2.97. The molecule has 0 saturated carbocycles. The molecule has 40 heavy (non-hydrogen) atoms. The van der Waals surface area contributed by atoms with Crippen LogP contribution in [-0.2, 0) is 0 Å². The molecule has 0 radical (unpaired) electrons. The molecule has 1 rings (SSSR count). The SMILES string of the molecule is CCCCCCCCCOc1cc(C(=O)NN)cc(OCCCCCCCCC)c1OCCCCCCCCC. The zero-order chi connectivity index (χ0) is 29.1. The van der Waals surface area contributed by atoms with E-state index >= 15 is 0 Å². The lowest BCUT2D eigenvalue weighted by Gasteiger charge is -2.19. The van der Waals surface area contributed by atoms with Crippen LogP contribution in [0.3, 0.4) is 0 Å². The second kappa shape index (κ2) is 26.0. The summed E-state index contributed by atoms with van der Waals surface area (Å²) in [5.41, 5.74) is 2.67. The Kier molecular flexibility index (Phi) is 23.4. The third-order valence-electron chi connectivity index (χ3n) is 7.42. The Morgan fingerprint density at radius 3 is 1.23 bits per heavy atom. The summed E-state index contributed by atoms with van der Waals surface area (Å²) in [4.78, 5) is 12.5. The van der Waals surface area contributed by atoms with Gasteiger partial charge in [0, 0.05) is 5.56 Å². The Hall–Kier alpha value is -1.95. The first-order valence-electron chi connectivity index (χ1n) is 16.7. The van der Waals surface area contributed by atoms with Crippen LogP contribution in [0.5, 0.6) is 17.2 Å². The molecule has 1 amide bonds. The van der Waals surface area contributed by atoms with Crippen LogP contribution < -0.4 is 25.5 Å². The molecule has 1 aromatic carbocycles. The summed E-state index contributed by atoms with van der Waals surface area (Å²) in [5, 5.41) is 0. The molecule has 0 saturated heterocycles. The number of carbonyl (C=O) groups excluding carboxylic acids is 1. The molecule has 6 nitrogen and oxygen atoms in total. The Bertz CT molecular complexity index is 700. The number of nitrogen functional groups attached to an aromatic ring is 1. The fraction of sp³-hybridized carbons (Fsp3) is 0.794. The number of unbranched alkanes of at least 4 members (excludes halogenated alkanes) is 18. The molecule has 1 aromatic rings. The van der Waals surface area contributed by atoms with Crippen molar-refractivity contribution in [3.63, 3.8) is 0 Å². The van der Waals surface area contributed by atoms with E-state index in [9.17, 15) is 4.79 Å². The predicted molar refractivity (Wildman–Crippen MR) is 169 cm³/mol. The van der Waals surface area contributed by atoms with Gasteiger partial charge in [0.2, 0.25) is 5.75 Å². The summed E-state index contributed by atoms with van der Waals surface area (Å²) < 4.78 is 18.7. The monoisotopic (exact) mass is 562 g/mol. The third kappa shape index (κ3) is 17.7. The van der Waals surface area contributed by atoms with E-state index in [1.165, 1.54) is 96.3 Å².